The van der Waals surface area contributed by atoms with Gasteiger partial charge in [-0.15, -0.1) is 0 Å². The Morgan fingerprint density at radius 3 is 2.57 bits per heavy atom. The third-order valence-corrected chi connectivity index (χ3v) is 7.01. The number of benzene rings is 2. The van der Waals surface area contributed by atoms with Crippen LogP contribution in [0.25, 0.3) is 4.85 Å². The Morgan fingerprint density at radius 2 is 2.00 bits per heavy atom. The fourth-order valence-electron chi connectivity index (χ4n) is 2.88. The maximum Gasteiger partial charge on any atom is 0.243 e. The van der Waals surface area contributed by atoms with Crippen molar-refractivity contribution in [3.8, 4) is 5.75 Å². The van der Waals surface area contributed by atoms with Crippen molar-refractivity contribution in [2.24, 2.45) is 0 Å². The molecule has 1 aliphatic rings. The van der Waals surface area contributed by atoms with Crippen LogP contribution in [0.15, 0.2) is 47.4 Å². The Bertz CT molecular complexity index is 1030. The number of hydrogen-bond donors (Lipinski definition) is 2. The molecule has 2 aromatic rings. The van der Waals surface area contributed by atoms with Crippen LogP contribution in [0.4, 0.5) is 10.1 Å². The molecule has 2 N–H and O–H groups in total. The topological polar surface area (TPSA) is 91.4 Å². The fourth-order valence-corrected chi connectivity index (χ4v) is 4.74. The minimum atomic E-state index is -3.92. The van der Waals surface area contributed by atoms with Gasteiger partial charge in [-0.1, -0.05) is 0 Å². The SMILES string of the molecule is [C-]#[N+]c1ccc(O[C@H]2CN(S(=O)(=O)c3ccc(I)cc3)C[C@@]2(O)CO)cc1F. The van der Waals surface area contributed by atoms with Gasteiger partial charge in [0.2, 0.25) is 15.7 Å². The summed E-state index contributed by atoms with van der Waals surface area (Å²) in [6.45, 7) is 5.53. The summed E-state index contributed by atoms with van der Waals surface area (Å²) in [5.74, 6) is -0.767. The van der Waals surface area contributed by atoms with E-state index in [-0.39, 0.29) is 29.4 Å². The lowest BCUT2D eigenvalue weighted by Crippen LogP contribution is -2.48. The van der Waals surface area contributed by atoms with E-state index in [1.54, 1.807) is 12.1 Å². The average molecular weight is 518 g/mol. The van der Waals surface area contributed by atoms with Crippen molar-refractivity contribution in [3.63, 3.8) is 0 Å². The first kappa shape index (κ1) is 20.9. The number of halogens is 2. The molecule has 10 heteroatoms. The van der Waals surface area contributed by atoms with Gasteiger partial charge < -0.3 is 14.9 Å². The van der Waals surface area contributed by atoms with Crippen LogP contribution in [-0.2, 0) is 10.0 Å². The summed E-state index contributed by atoms with van der Waals surface area (Å²) in [6.07, 6.45) is -1.12. The fraction of sp³-hybridized carbons (Fsp3) is 0.278. The third-order valence-electron chi connectivity index (χ3n) is 4.46. The van der Waals surface area contributed by atoms with Crippen LogP contribution in [-0.4, -0.2) is 54.3 Å². The highest BCUT2D eigenvalue weighted by Gasteiger charge is 2.50. The summed E-state index contributed by atoms with van der Waals surface area (Å²) in [6, 6.07) is 9.79. The Labute approximate surface area is 175 Å². The van der Waals surface area contributed by atoms with Crippen molar-refractivity contribution in [2.45, 2.75) is 16.6 Å². The van der Waals surface area contributed by atoms with Crippen LogP contribution < -0.4 is 4.74 Å². The van der Waals surface area contributed by atoms with Crippen molar-refractivity contribution in [3.05, 3.63) is 63.3 Å². The summed E-state index contributed by atoms with van der Waals surface area (Å²) in [4.78, 5) is 3.07. The molecule has 0 unspecified atom stereocenters. The first-order chi connectivity index (χ1) is 13.2. The third kappa shape index (κ3) is 3.99. The highest BCUT2D eigenvalue weighted by atomic mass is 127. The second kappa shape index (κ2) is 7.92. The van der Waals surface area contributed by atoms with Crippen LogP contribution in [0.2, 0.25) is 0 Å². The zero-order valence-electron chi connectivity index (χ0n) is 14.4. The molecule has 1 aliphatic heterocycles. The van der Waals surface area contributed by atoms with E-state index in [2.05, 4.69) is 27.4 Å². The molecule has 7 nitrogen and oxygen atoms in total. The molecule has 1 saturated heterocycles. The number of aliphatic hydroxyl groups is 2. The summed E-state index contributed by atoms with van der Waals surface area (Å²) >= 11 is 2.06. The average Bonchev–Trinajstić information content (AvgIpc) is 3.00. The molecule has 28 heavy (non-hydrogen) atoms. The molecule has 3 rings (SSSR count). The summed E-state index contributed by atoms with van der Waals surface area (Å²) in [5, 5.41) is 20.3. The van der Waals surface area contributed by atoms with Gasteiger partial charge in [-0.25, -0.2) is 17.7 Å². The van der Waals surface area contributed by atoms with Gasteiger partial charge >= 0.3 is 0 Å². The predicted octanol–water partition coefficient (Wildman–Crippen LogP) is 2.16. The minimum absolute atomic E-state index is 0.0234. The maximum atomic E-state index is 13.8. The van der Waals surface area contributed by atoms with Crippen molar-refractivity contribution in [1.82, 2.24) is 4.31 Å². The molecule has 0 aromatic heterocycles. The van der Waals surface area contributed by atoms with E-state index >= 15 is 0 Å². The first-order valence-electron chi connectivity index (χ1n) is 8.12. The lowest BCUT2D eigenvalue weighted by molar-refractivity contribution is -0.0641. The van der Waals surface area contributed by atoms with Crippen LogP contribution in [0.3, 0.4) is 0 Å². The van der Waals surface area contributed by atoms with Crippen molar-refractivity contribution >= 4 is 38.3 Å². The Kier molecular flexibility index (Phi) is 5.92. The zero-order chi connectivity index (χ0) is 20.5. The highest BCUT2D eigenvalue weighted by molar-refractivity contribution is 14.1. The lowest BCUT2D eigenvalue weighted by atomic mass is 10.0. The second-order valence-electron chi connectivity index (χ2n) is 6.34. The quantitative estimate of drug-likeness (QED) is 0.468. The molecule has 148 valence electrons. The second-order valence-corrected chi connectivity index (χ2v) is 9.53. The Balaban J connectivity index is 1.86. The van der Waals surface area contributed by atoms with E-state index < -0.39 is 34.2 Å². The van der Waals surface area contributed by atoms with Gasteiger partial charge in [0.25, 0.3) is 0 Å². The monoisotopic (exact) mass is 518 g/mol. The Morgan fingerprint density at radius 1 is 1.32 bits per heavy atom. The largest absolute Gasteiger partial charge is 0.486 e. The molecule has 2 atom stereocenters. The molecule has 2 aromatic carbocycles. The van der Waals surface area contributed by atoms with Gasteiger partial charge in [-0.2, -0.15) is 4.31 Å². The summed E-state index contributed by atoms with van der Waals surface area (Å²) in [5.41, 5.74) is -2.04. The normalized spacial score (nSPS) is 22.8. The molecule has 0 aliphatic carbocycles. The van der Waals surface area contributed by atoms with Gasteiger partial charge in [-0.05, 0) is 59.0 Å². The molecular formula is C18H16FIN2O5S. The standard InChI is InChI=1S/C18H16FIN2O5S/c1-21-16-7-4-13(8-15(16)19)27-17-9-22(10-18(17,24)11-23)28(25,26)14-5-2-12(20)3-6-14/h2-8,17,23-24H,9-11H2/t17-,18+/m0/s1. The van der Waals surface area contributed by atoms with E-state index in [1.807, 2.05) is 0 Å². The number of aliphatic hydroxyl groups excluding tert-OH is 1. The van der Waals surface area contributed by atoms with Crippen molar-refractivity contribution < 1.29 is 27.8 Å². The van der Waals surface area contributed by atoms with Gasteiger partial charge in [0.1, 0.15) is 23.3 Å². The number of sulfonamides is 1. The van der Waals surface area contributed by atoms with Crippen LogP contribution >= 0.6 is 22.6 Å². The van der Waals surface area contributed by atoms with Crippen LogP contribution in [0, 0.1) is 16.0 Å². The smallest absolute Gasteiger partial charge is 0.243 e. The molecule has 1 heterocycles. The minimum Gasteiger partial charge on any atom is -0.486 e. The van der Waals surface area contributed by atoms with Gasteiger partial charge in [0, 0.05) is 16.2 Å². The highest BCUT2D eigenvalue weighted by Crippen LogP contribution is 2.32. The zero-order valence-corrected chi connectivity index (χ0v) is 17.4. The molecule has 0 spiro atoms. The molecule has 1 fully saturated rings. The molecule has 0 bridgehead atoms. The maximum absolute atomic E-state index is 13.8. The van der Waals surface area contributed by atoms with Crippen molar-refractivity contribution in [2.75, 3.05) is 19.7 Å². The number of hydrogen-bond acceptors (Lipinski definition) is 5. The summed E-state index contributed by atoms with van der Waals surface area (Å²) in [7, 11) is -3.92. The molecular weight excluding hydrogens is 502 g/mol. The predicted molar refractivity (Wildman–Crippen MR) is 107 cm³/mol. The van der Waals surface area contributed by atoms with E-state index in [0.29, 0.717) is 0 Å². The molecule has 0 amide bonds. The summed E-state index contributed by atoms with van der Waals surface area (Å²) < 4.78 is 47.0. The molecule has 0 radical (unpaired) electrons. The lowest BCUT2D eigenvalue weighted by Gasteiger charge is -2.27. The van der Waals surface area contributed by atoms with E-state index in [0.717, 1.165) is 13.9 Å². The van der Waals surface area contributed by atoms with E-state index in [1.165, 1.54) is 24.3 Å². The van der Waals surface area contributed by atoms with Crippen LogP contribution in [0.5, 0.6) is 5.75 Å². The van der Waals surface area contributed by atoms with E-state index in [9.17, 15) is 23.0 Å². The number of β-amino-alcohol motifs (C(OH)–C–C–N with tert-alkyl or cyclic N) is 1. The number of nitrogens with zero attached hydrogens (tertiary/aromatic N) is 2. The first-order valence-corrected chi connectivity index (χ1v) is 10.6. The van der Waals surface area contributed by atoms with E-state index in [4.69, 9.17) is 11.3 Å². The Hall–Kier alpha value is -1.78. The van der Waals surface area contributed by atoms with Gasteiger partial charge in [0.15, 0.2) is 0 Å². The van der Waals surface area contributed by atoms with Gasteiger partial charge in [0.05, 0.1) is 24.6 Å². The van der Waals surface area contributed by atoms with Crippen LogP contribution in [0.1, 0.15) is 0 Å². The van der Waals surface area contributed by atoms with Gasteiger partial charge in [-0.3, -0.25) is 0 Å². The number of rotatable bonds is 5. The molecule has 0 saturated carbocycles. The van der Waals surface area contributed by atoms with Crippen molar-refractivity contribution in [1.29, 1.82) is 0 Å². The number of ether oxygens (including phenoxy) is 1.